The number of hydrogen-bond acceptors (Lipinski definition) is 2. The van der Waals surface area contributed by atoms with Gasteiger partial charge in [0.05, 0.1) is 11.1 Å². The lowest BCUT2D eigenvalue weighted by molar-refractivity contribution is 0.0697. The molecule has 0 bridgehead atoms. The second-order valence-corrected chi connectivity index (χ2v) is 4.97. The number of halogens is 2. The van der Waals surface area contributed by atoms with Gasteiger partial charge in [0.25, 0.3) is 0 Å². The first-order valence-corrected chi connectivity index (χ1v) is 6.40. The van der Waals surface area contributed by atoms with Gasteiger partial charge in [-0.3, -0.25) is 4.79 Å². The van der Waals surface area contributed by atoms with E-state index in [9.17, 15) is 14.0 Å². The number of aromatic carboxylic acids is 1. The van der Waals surface area contributed by atoms with Gasteiger partial charge in [-0.1, -0.05) is 12.1 Å². The summed E-state index contributed by atoms with van der Waals surface area (Å²) in [5.41, 5.74) is 0.119. The molecule has 0 amide bonds. The molecule has 0 aliphatic rings. The molecule has 1 N–H and O–H groups in total. The van der Waals surface area contributed by atoms with Crippen LogP contribution in [0.15, 0.2) is 42.5 Å². The van der Waals surface area contributed by atoms with Crippen LogP contribution >= 0.6 is 22.6 Å². The summed E-state index contributed by atoms with van der Waals surface area (Å²) in [5, 5.41) is 8.92. The molecule has 0 heterocycles. The number of rotatable bonds is 3. The van der Waals surface area contributed by atoms with Gasteiger partial charge in [0.1, 0.15) is 5.82 Å². The summed E-state index contributed by atoms with van der Waals surface area (Å²) in [6.07, 6.45) is 0. The molecule has 96 valence electrons. The van der Waals surface area contributed by atoms with E-state index in [4.69, 9.17) is 5.11 Å². The predicted molar refractivity (Wildman–Crippen MR) is 76.0 cm³/mol. The predicted octanol–water partition coefficient (Wildman–Crippen LogP) is 3.36. The first-order chi connectivity index (χ1) is 9.00. The summed E-state index contributed by atoms with van der Waals surface area (Å²) in [7, 11) is 0. The lowest BCUT2D eigenvalue weighted by Crippen LogP contribution is -2.08. The van der Waals surface area contributed by atoms with Crippen LogP contribution in [0.1, 0.15) is 26.3 Å². The minimum atomic E-state index is -1.13. The van der Waals surface area contributed by atoms with Crippen molar-refractivity contribution >= 4 is 34.3 Å². The number of hydrogen-bond donors (Lipinski definition) is 1. The van der Waals surface area contributed by atoms with E-state index in [1.54, 1.807) is 6.07 Å². The average molecular weight is 370 g/mol. The highest BCUT2D eigenvalue weighted by Gasteiger charge is 2.17. The molecule has 0 aliphatic heterocycles. The lowest BCUT2D eigenvalue weighted by atomic mass is 10.0. The Morgan fingerprint density at radius 1 is 1.05 bits per heavy atom. The molecule has 0 saturated carbocycles. The summed E-state index contributed by atoms with van der Waals surface area (Å²) in [6.45, 7) is 0. The molecule has 0 unspecified atom stereocenters. The molecule has 2 aromatic rings. The van der Waals surface area contributed by atoms with Crippen LogP contribution in [0.5, 0.6) is 0 Å². The third kappa shape index (κ3) is 2.81. The lowest BCUT2D eigenvalue weighted by Gasteiger charge is -2.06. The van der Waals surface area contributed by atoms with Gasteiger partial charge in [0, 0.05) is 9.13 Å². The van der Waals surface area contributed by atoms with Gasteiger partial charge in [-0.25, -0.2) is 9.18 Å². The van der Waals surface area contributed by atoms with E-state index in [1.165, 1.54) is 36.4 Å². The third-order valence-corrected chi connectivity index (χ3v) is 3.52. The Kier molecular flexibility index (Phi) is 3.94. The molecule has 2 aromatic carbocycles. The molecule has 3 nitrogen and oxygen atoms in total. The number of carboxylic acid groups (broad SMARTS) is 1. The Morgan fingerprint density at radius 3 is 2.37 bits per heavy atom. The van der Waals surface area contributed by atoms with Crippen molar-refractivity contribution in [3.63, 3.8) is 0 Å². The summed E-state index contributed by atoms with van der Waals surface area (Å²) >= 11 is 1.92. The zero-order valence-corrected chi connectivity index (χ0v) is 11.7. The molecule has 0 aliphatic carbocycles. The van der Waals surface area contributed by atoms with Crippen molar-refractivity contribution in [3.05, 3.63) is 68.5 Å². The van der Waals surface area contributed by atoms with Crippen molar-refractivity contribution in [2.75, 3.05) is 0 Å². The Bertz CT molecular complexity index is 667. The van der Waals surface area contributed by atoms with Gasteiger partial charge in [0.15, 0.2) is 5.78 Å². The highest BCUT2D eigenvalue weighted by Crippen LogP contribution is 2.20. The minimum absolute atomic E-state index is 0.0000975. The highest BCUT2D eigenvalue weighted by atomic mass is 127. The van der Waals surface area contributed by atoms with Gasteiger partial charge in [-0.15, -0.1) is 0 Å². The number of benzene rings is 2. The summed E-state index contributed by atoms with van der Waals surface area (Å²) in [6, 6.07) is 9.82. The zero-order valence-electron chi connectivity index (χ0n) is 9.56. The number of carbonyl (C=O) groups is 2. The van der Waals surface area contributed by atoms with Gasteiger partial charge in [0.2, 0.25) is 0 Å². The van der Waals surface area contributed by atoms with E-state index in [2.05, 4.69) is 0 Å². The molecule has 5 heteroatoms. The van der Waals surface area contributed by atoms with Gasteiger partial charge >= 0.3 is 5.97 Å². The third-order valence-electron chi connectivity index (χ3n) is 2.58. The van der Waals surface area contributed by atoms with E-state index >= 15 is 0 Å². The molecule has 2 rings (SSSR count). The Hall–Kier alpha value is -1.76. The molecule has 0 saturated heterocycles. The van der Waals surface area contributed by atoms with Gasteiger partial charge in [-0.05, 0) is 52.9 Å². The fraction of sp³-hybridized carbons (Fsp3) is 0. The number of ketones is 1. The van der Waals surface area contributed by atoms with E-state index in [0.29, 0.717) is 3.57 Å². The van der Waals surface area contributed by atoms with Crippen LogP contribution < -0.4 is 0 Å². The zero-order chi connectivity index (χ0) is 14.0. The van der Waals surface area contributed by atoms with Crippen LogP contribution in [0.25, 0.3) is 0 Å². The maximum absolute atomic E-state index is 13.6. The largest absolute Gasteiger partial charge is 0.478 e. The van der Waals surface area contributed by atoms with Crippen molar-refractivity contribution < 1.29 is 19.1 Å². The molecule has 0 fully saturated rings. The first-order valence-electron chi connectivity index (χ1n) is 5.33. The molecule has 0 aromatic heterocycles. The summed E-state index contributed by atoms with van der Waals surface area (Å²) in [5.74, 6) is -2.27. The molecule has 0 radical (unpaired) electrons. The quantitative estimate of drug-likeness (QED) is 0.666. The molecular formula is C14H8FIO3. The SMILES string of the molecule is O=C(O)c1ccc(I)c(C(=O)c2ccccc2F)c1. The first kappa shape index (κ1) is 13.7. The fourth-order valence-corrected chi connectivity index (χ4v) is 2.20. The second-order valence-electron chi connectivity index (χ2n) is 3.81. The molecule has 19 heavy (non-hydrogen) atoms. The average Bonchev–Trinajstić information content (AvgIpc) is 2.38. The Labute approximate surface area is 122 Å². The standard InChI is InChI=1S/C14H8FIO3/c15-11-4-2-1-3-9(11)13(17)10-7-8(14(18)19)5-6-12(10)16/h1-7H,(H,18,19). The van der Waals surface area contributed by atoms with Crippen LogP contribution in [0.3, 0.4) is 0 Å². The van der Waals surface area contributed by atoms with Crippen LogP contribution in [-0.4, -0.2) is 16.9 Å². The van der Waals surface area contributed by atoms with Crippen LogP contribution in [0, 0.1) is 9.39 Å². The van der Waals surface area contributed by atoms with Crippen molar-refractivity contribution in [2.45, 2.75) is 0 Å². The van der Waals surface area contributed by atoms with Crippen molar-refractivity contribution in [1.29, 1.82) is 0 Å². The van der Waals surface area contributed by atoms with Crippen LogP contribution in [0.2, 0.25) is 0 Å². The Balaban J connectivity index is 2.53. The van der Waals surface area contributed by atoms with Crippen LogP contribution in [0.4, 0.5) is 4.39 Å². The van der Waals surface area contributed by atoms with Gasteiger partial charge < -0.3 is 5.11 Å². The maximum Gasteiger partial charge on any atom is 0.335 e. The van der Waals surface area contributed by atoms with E-state index in [0.717, 1.165) is 0 Å². The smallest absolute Gasteiger partial charge is 0.335 e. The molecular weight excluding hydrogens is 362 g/mol. The van der Waals surface area contributed by atoms with Crippen LogP contribution in [-0.2, 0) is 0 Å². The van der Waals surface area contributed by atoms with Crippen molar-refractivity contribution in [3.8, 4) is 0 Å². The second kappa shape index (κ2) is 5.48. The normalized spacial score (nSPS) is 10.2. The topological polar surface area (TPSA) is 54.4 Å². The fourth-order valence-electron chi connectivity index (χ4n) is 1.62. The summed E-state index contributed by atoms with van der Waals surface area (Å²) < 4.78 is 14.2. The Morgan fingerprint density at radius 2 is 1.74 bits per heavy atom. The van der Waals surface area contributed by atoms with E-state index in [1.807, 2.05) is 22.6 Å². The molecule has 0 spiro atoms. The number of carboxylic acids is 1. The van der Waals surface area contributed by atoms with E-state index < -0.39 is 17.6 Å². The highest BCUT2D eigenvalue weighted by molar-refractivity contribution is 14.1. The molecule has 0 atom stereocenters. The minimum Gasteiger partial charge on any atom is -0.478 e. The summed E-state index contributed by atoms with van der Waals surface area (Å²) in [4.78, 5) is 23.1. The van der Waals surface area contributed by atoms with Crippen molar-refractivity contribution in [2.24, 2.45) is 0 Å². The maximum atomic E-state index is 13.6. The van der Waals surface area contributed by atoms with Gasteiger partial charge in [-0.2, -0.15) is 0 Å². The monoisotopic (exact) mass is 370 g/mol. The van der Waals surface area contributed by atoms with E-state index in [-0.39, 0.29) is 16.7 Å². The van der Waals surface area contributed by atoms with Crippen molar-refractivity contribution in [1.82, 2.24) is 0 Å². The number of carbonyl (C=O) groups excluding carboxylic acids is 1.